The van der Waals surface area contributed by atoms with Gasteiger partial charge in [0.1, 0.15) is 23.5 Å². The topological polar surface area (TPSA) is 112 Å². The van der Waals surface area contributed by atoms with Gasteiger partial charge in [0.15, 0.2) is 0 Å². The molecular weight excluding hydrogens is 446 g/mol. The summed E-state index contributed by atoms with van der Waals surface area (Å²) in [5.41, 5.74) is 3.67. The first-order chi connectivity index (χ1) is 17.0. The fourth-order valence-electron chi connectivity index (χ4n) is 4.15. The molecule has 1 atom stereocenters. The monoisotopic (exact) mass is 471 g/mol. The summed E-state index contributed by atoms with van der Waals surface area (Å²) in [5, 5.41) is 18.3. The number of hydrogen-bond donors (Lipinski definition) is 2. The molecule has 3 aromatic carbocycles. The second-order valence-electron chi connectivity index (χ2n) is 8.43. The van der Waals surface area contributed by atoms with Crippen LogP contribution in [0.25, 0.3) is 11.1 Å². The van der Waals surface area contributed by atoms with E-state index in [2.05, 4.69) is 6.07 Å². The highest BCUT2D eigenvalue weighted by Gasteiger charge is 2.47. The molecule has 8 nitrogen and oxygen atoms in total. The highest BCUT2D eigenvalue weighted by molar-refractivity contribution is 5.95. The van der Waals surface area contributed by atoms with Crippen LogP contribution < -0.4 is 15.0 Å². The van der Waals surface area contributed by atoms with Crippen LogP contribution in [-0.4, -0.2) is 48.7 Å². The van der Waals surface area contributed by atoms with Gasteiger partial charge in [0.25, 0.3) is 11.8 Å². The molecule has 0 bridgehead atoms. The van der Waals surface area contributed by atoms with E-state index in [-0.39, 0.29) is 19.1 Å². The van der Waals surface area contributed by atoms with Gasteiger partial charge in [-0.1, -0.05) is 24.3 Å². The summed E-state index contributed by atoms with van der Waals surface area (Å²) in [5.74, 6) is 0.423. The second kappa shape index (κ2) is 10.3. The van der Waals surface area contributed by atoms with Gasteiger partial charge >= 0.3 is 0 Å². The summed E-state index contributed by atoms with van der Waals surface area (Å²) < 4.78 is 11.1. The van der Waals surface area contributed by atoms with Gasteiger partial charge in [-0.15, -0.1) is 0 Å². The lowest BCUT2D eigenvalue weighted by atomic mass is 9.87. The van der Waals surface area contributed by atoms with E-state index in [4.69, 9.17) is 14.7 Å². The Morgan fingerprint density at radius 2 is 1.60 bits per heavy atom. The largest absolute Gasteiger partial charge is 0.497 e. The van der Waals surface area contributed by atoms with Gasteiger partial charge in [-0.2, -0.15) is 5.26 Å². The molecule has 0 aliphatic carbocycles. The van der Waals surface area contributed by atoms with E-state index in [1.807, 2.05) is 24.3 Å². The molecule has 35 heavy (non-hydrogen) atoms. The molecule has 1 saturated heterocycles. The Kier molecular flexibility index (Phi) is 6.99. The Morgan fingerprint density at radius 3 is 2.17 bits per heavy atom. The number of carbonyl (C=O) groups is 2. The van der Waals surface area contributed by atoms with Crippen LogP contribution in [0.4, 0.5) is 0 Å². The van der Waals surface area contributed by atoms with Gasteiger partial charge in [-0.3, -0.25) is 14.8 Å². The zero-order chi connectivity index (χ0) is 24.8. The molecule has 1 aliphatic heterocycles. The van der Waals surface area contributed by atoms with Crippen molar-refractivity contribution in [3.8, 4) is 28.7 Å². The van der Waals surface area contributed by atoms with Gasteiger partial charge in [0.2, 0.25) is 0 Å². The van der Waals surface area contributed by atoms with Crippen molar-refractivity contribution in [2.45, 2.75) is 6.42 Å². The predicted octanol–water partition coefficient (Wildman–Crippen LogP) is 3.65. The minimum absolute atomic E-state index is 0.00198. The third kappa shape index (κ3) is 5.10. The highest BCUT2D eigenvalue weighted by atomic mass is 16.5. The average molecular weight is 472 g/mol. The maximum atomic E-state index is 13.0. The van der Waals surface area contributed by atoms with E-state index in [9.17, 15) is 14.8 Å². The molecule has 8 heteroatoms. The smallest absolute Gasteiger partial charge is 0.254 e. The highest BCUT2D eigenvalue weighted by Crippen LogP contribution is 2.33. The summed E-state index contributed by atoms with van der Waals surface area (Å²) in [6.45, 7) is 0.481. The fraction of sp³-hybridized carbons (Fsp3) is 0.222. The van der Waals surface area contributed by atoms with Crippen molar-refractivity contribution < 1.29 is 24.3 Å². The van der Waals surface area contributed by atoms with E-state index in [1.165, 1.54) is 0 Å². The van der Waals surface area contributed by atoms with Crippen LogP contribution in [0.2, 0.25) is 0 Å². The number of nitrogens with zero attached hydrogens (tertiary/aromatic N) is 2. The number of amides is 2. The Hall–Kier alpha value is -4.35. The molecule has 3 aromatic rings. The summed E-state index contributed by atoms with van der Waals surface area (Å²) in [6, 6.07) is 23.5. The molecule has 1 fully saturated rings. The minimum Gasteiger partial charge on any atom is -0.497 e. The number of carbonyl (C=O) groups excluding carboxylic acids is 2. The number of ether oxygens (including phenoxy) is 2. The third-order valence-electron chi connectivity index (χ3n) is 6.28. The maximum absolute atomic E-state index is 13.0. The minimum atomic E-state index is -1.08. The van der Waals surface area contributed by atoms with Crippen LogP contribution in [0.5, 0.6) is 11.5 Å². The molecule has 0 saturated carbocycles. The Morgan fingerprint density at radius 1 is 1.00 bits per heavy atom. The number of nitriles is 1. The van der Waals surface area contributed by atoms with Gasteiger partial charge in [0, 0.05) is 18.7 Å². The van der Waals surface area contributed by atoms with Crippen molar-refractivity contribution in [2.24, 2.45) is 5.41 Å². The first-order valence-electron chi connectivity index (χ1n) is 11.1. The Bertz CT molecular complexity index is 1230. The first kappa shape index (κ1) is 23.8. The maximum Gasteiger partial charge on any atom is 0.254 e. The molecule has 0 spiro atoms. The van der Waals surface area contributed by atoms with Crippen LogP contribution >= 0.6 is 0 Å². The molecule has 1 aliphatic rings. The predicted molar refractivity (Wildman–Crippen MR) is 128 cm³/mol. The van der Waals surface area contributed by atoms with Crippen molar-refractivity contribution in [1.29, 1.82) is 5.26 Å². The lowest BCUT2D eigenvalue weighted by Crippen LogP contribution is -2.46. The number of benzene rings is 3. The van der Waals surface area contributed by atoms with Gasteiger partial charge < -0.3 is 14.4 Å². The van der Waals surface area contributed by atoms with Gasteiger partial charge in [0.05, 0.1) is 18.7 Å². The van der Waals surface area contributed by atoms with Crippen molar-refractivity contribution >= 4 is 11.8 Å². The Balaban J connectivity index is 1.44. The summed E-state index contributed by atoms with van der Waals surface area (Å²) in [7, 11) is 1.56. The molecule has 0 aromatic heterocycles. The Labute approximate surface area is 203 Å². The van der Waals surface area contributed by atoms with Crippen LogP contribution in [0.1, 0.15) is 22.3 Å². The van der Waals surface area contributed by atoms with E-state index < -0.39 is 11.3 Å². The number of hydroxylamine groups is 1. The van der Waals surface area contributed by atoms with Crippen molar-refractivity contribution in [1.82, 2.24) is 10.4 Å². The molecule has 178 valence electrons. The molecule has 4 rings (SSSR count). The zero-order valence-electron chi connectivity index (χ0n) is 19.2. The molecular formula is C27H25N3O5. The standard InChI is InChI=1S/C27H25N3O5/c1-34-23-10-8-22(9-11-23)25(31)30-15-14-27(17-30,26(32)29-33)18-35-24-12-6-21(7-13-24)20-4-2-19(16-28)3-5-20/h2-13,33H,14-15,17-18H2,1H3,(H,29,32). The number of rotatable bonds is 7. The van der Waals surface area contributed by atoms with E-state index in [1.54, 1.807) is 66.0 Å². The van der Waals surface area contributed by atoms with Crippen molar-refractivity contribution in [3.63, 3.8) is 0 Å². The van der Waals surface area contributed by atoms with Gasteiger partial charge in [-0.25, -0.2) is 5.48 Å². The number of likely N-dealkylation sites (tertiary alicyclic amines) is 1. The number of methoxy groups -OCH3 is 1. The number of nitrogens with one attached hydrogen (secondary N) is 1. The second-order valence-corrected chi connectivity index (χ2v) is 8.43. The summed E-state index contributed by atoms with van der Waals surface area (Å²) in [4.78, 5) is 27.2. The van der Waals surface area contributed by atoms with Crippen molar-refractivity contribution in [2.75, 3.05) is 26.8 Å². The van der Waals surface area contributed by atoms with Crippen LogP contribution in [0, 0.1) is 16.7 Å². The van der Waals surface area contributed by atoms with E-state index in [0.29, 0.717) is 35.6 Å². The summed E-state index contributed by atoms with van der Waals surface area (Å²) >= 11 is 0. The fourth-order valence-corrected chi connectivity index (χ4v) is 4.15. The molecule has 1 unspecified atom stereocenters. The number of hydrogen-bond acceptors (Lipinski definition) is 6. The van der Waals surface area contributed by atoms with E-state index >= 15 is 0 Å². The zero-order valence-corrected chi connectivity index (χ0v) is 19.2. The lowest BCUT2D eigenvalue weighted by Gasteiger charge is -2.27. The molecule has 0 radical (unpaired) electrons. The van der Waals surface area contributed by atoms with Crippen LogP contribution in [0.15, 0.2) is 72.8 Å². The molecule has 1 heterocycles. The normalized spacial score (nSPS) is 16.9. The quantitative estimate of drug-likeness (QED) is 0.402. The summed E-state index contributed by atoms with van der Waals surface area (Å²) in [6.07, 6.45) is 0.352. The van der Waals surface area contributed by atoms with Crippen LogP contribution in [-0.2, 0) is 4.79 Å². The molecule has 2 N–H and O–H groups in total. The van der Waals surface area contributed by atoms with Crippen LogP contribution in [0.3, 0.4) is 0 Å². The molecule has 2 amide bonds. The lowest BCUT2D eigenvalue weighted by molar-refractivity contribution is -0.140. The first-order valence-corrected chi connectivity index (χ1v) is 11.1. The van der Waals surface area contributed by atoms with Crippen molar-refractivity contribution in [3.05, 3.63) is 83.9 Å². The van der Waals surface area contributed by atoms with E-state index in [0.717, 1.165) is 11.1 Å². The SMILES string of the molecule is COc1ccc(C(=O)N2CCC(COc3ccc(-c4ccc(C#N)cc4)cc3)(C(=O)NO)C2)cc1. The van der Waals surface area contributed by atoms with Gasteiger partial charge in [-0.05, 0) is 66.1 Å². The average Bonchev–Trinajstić information content (AvgIpc) is 3.37. The third-order valence-corrected chi connectivity index (χ3v) is 6.28.